The number of nitrogens with zero attached hydrogens (tertiary/aromatic N) is 5. The van der Waals surface area contributed by atoms with Gasteiger partial charge in [0.2, 0.25) is 0 Å². The summed E-state index contributed by atoms with van der Waals surface area (Å²) in [6, 6.07) is 11.5. The van der Waals surface area contributed by atoms with Crippen LogP contribution in [0.15, 0.2) is 55.1 Å². The van der Waals surface area contributed by atoms with Crippen molar-refractivity contribution in [3.8, 4) is 34.1 Å². The van der Waals surface area contributed by atoms with E-state index in [1.165, 1.54) is 6.33 Å². The van der Waals surface area contributed by atoms with Crippen molar-refractivity contribution in [1.82, 2.24) is 29.9 Å². The first kappa shape index (κ1) is 22.7. The SMILES string of the molecule is Cc1ccnc(Oc2ccc(-c3c(-c4cnc(Cl)cc4CCCO)[nH]c4ncnc(N)c34)cc2)n1. The van der Waals surface area contributed by atoms with Crippen LogP contribution in [0.2, 0.25) is 5.15 Å². The molecule has 35 heavy (non-hydrogen) atoms. The summed E-state index contributed by atoms with van der Waals surface area (Å²) < 4.78 is 5.81. The van der Waals surface area contributed by atoms with Crippen molar-refractivity contribution in [2.75, 3.05) is 12.3 Å². The van der Waals surface area contributed by atoms with Crippen molar-refractivity contribution in [2.45, 2.75) is 19.8 Å². The van der Waals surface area contributed by atoms with Gasteiger partial charge in [-0.1, -0.05) is 23.7 Å². The van der Waals surface area contributed by atoms with Gasteiger partial charge in [-0.25, -0.2) is 24.9 Å². The highest BCUT2D eigenvalue weighted by molar-refractivity contribution is 6.29. The van der Waals surface area contributed by atoms with Crippen LogP contribution < -0.4 is 10.5 Å². The van der Waals surface area contributed by atoms with Gasteiger partial charge in [-0.15, -0.1) is 0 Å². The number of aliphatic hydroxyl groups excluding tert-OH is 1. The zero-order valence-electron chi connectivity index (χ0n) is 18.9. The number of halogens is 1. The van der Waals surface area contributed by atoms with Crippen molar-refractivity contribution in [2.24, 2.45) is 0 Å². The summed E-state index contributed by atoms with van der Waals surface area (Å²) >= 11 is 6.19. The second-order valence-electron chi connectivity index (χ2n) is 7.96. The van der Waals surface area contributed by atoms with E-state index in [1.54, 1.807) is 18.5 Å². The molecule has 4 N–H and O–H groups in total. The molecule has 1 aromatic carbocycles. The number of benzene rings is 1. The quantitative estimate of drug-likeness (QED) is 0.280. The standard InChI is InChI=1S/C25H22ClN7O2/c1-14-8-9-28-25(32-14)35-17-6-4-15(5-7-17)20-21-23(27)30-13-31-24(21)33-22(20)18-12-29-19(26)11-16(18)3-2-10-34/h4-9,11-13,34H,2-3,10H2,1H3,(H3,27,30,31,33). The van der Waals surface area contributed by atoms with Crippen molar-refractivity contribution in [3.63, 3.8) is 0 Å². The molecule has 0 spiro atoms. The van der Waals surface area contributed by atoms with Crippen LogP contribution in [0.25, 0.3) is 33.4 Å². The molecular formula is C25H22ClN7O2. The maximum atomic E-state index is 9.38. The Kier molecular flexibility index (Phi) is 6.26. The number of aliphatic hydroxyl groups is 1. The topological polar surface area (TPSA) is 136 Å². The molecular weight excluding hydrogens is 466 g/mol. The Morgan fingerprint density at radius 3 is 2.69 bits per heavy atom. The van der Waals surface area contributed by atoms with E-state index in [9.17, 15) is 5.11 Å². The Bertz CT molecular complexity index is 1500. The zero-order valence-corrected chi connectivity index (χ0v) is 19.6. The fourth-order valence-corrected chi connectivity index (χ4v) is 4.16. The first-order chi connectivity index (χ1) is 17.0. The molecule has 4 aromatic heterocycles. The monoisotopic (exact) mass is 487 g/mol. The van der Waals surface area contributed by atoms with Crippen molar-refractivity contribution < 1.29 is 9.84 Å². The number of hydrogen-bond acceptors (Lipinski definition) is 8. The molecule has 5 aromatic rings. The van der Waals surface area contributed by atoms with Gasteiger partial charge in [0.05, 0.1) is 11.1 Å². The van der Waals surface area contributed by atoms with Crippen LogP contribution in [-0.4, -0.2) is 41.6 Å². The smallest absolute Gasteiger partial charge is 0.322 e. The van der Waals surface area contributed by atoms with E-state index in [2.05, 4.69) is 29.9 Å². The summed E-state index contributed by atoms with van der Waals surface area (Å²) in [6.07, 6.45) is 6.03. The molecule has 176 valence electrons. The number of aromatic amines is 1. The lowest BCUT2D eigenvalue weighted by atomic mass is 9.96. The van der Waals surface area contributed by atoms with Gasteiger partial charge in [0, 0.05) is 35.8 Å². The summed E-state index contributed by atoms with van der Waals surface area (Å²) in [4.78, 5) is 24.7. The molecule has 4 heterocycles. The largest absolute Gasteiger partial charge is 0.424 e. The van der Waals surface area contributed by atoms with Gasteiger partial charge in [0.25, 0.3) is 0 Å². The molecule has 0 bridgehead atoms. The van der Waals surface area contributed by atoms with Gasteiger partial charge in [0.15, 0.2) is 0 Å². The maximum absolute atomic E-state index is 9.38. The molecule has 9 nitrogen and oxygen atoms in total. The molecule has 0 fully saturated rings. The number of pyridine rings is 1. The number of nitrogen functional groups attached to an aromatic ring is 1. The normalized spacial score (nSPS) is 11.2. The highest BCUT2D eigenvalue weighted by Crippen LogP contribution is 2.41. The number of nitrogens with two attached hydrogens (primary N) is 1. The Morgan fingerprint density at radius 2 is 1.91 bits per heavy atom. The van der Waals surface area contributed by atoms with E-state index < -0.39 is 0 Å². The fraction of sp³-hybridized carbons (Fsp3) is 0.160. The van der Waals surface area contributed by atoms with E-state index in [0.717, 1.165) is 33.6 Å². The summed E-state index contributed by atoms with van der Waals surface area (Å²) in [7, 11) is 0. The predicted molar refractivity (Wildman–Crippen MR) is 134 cm³/mol. The molecule has 5 rings (SSSR count). The number of rotatable bonds is 7. The lowest BCUT2D eigenvalue weighted by molar-refractivity contribution is 0.288. The average molecular weight is 488 g/mol. The van der Waals surface area contributed by atoms with E-state index in [1.807, 2.05) is 37.3 Å². The molecule has 0 aliphatic heterocycles. The van der Waals surface area contributed by atoms with Crippen LogP contribution in [0.4, 0.5) is 5.82 Å². The average Bonchev–Trinajstić information content (AvgIpc) is 3.24. The molecule has 0 aliphatic carbocycles. The maximum Gasteiger partial charge on any atom is 0.322 e. The van der Waals surface area contributed by atoms with Crippen LogP contribution in [0.3, 0.4) is 0 Å². The highest BCUT2D eigenvalue weighted by atomic mass is 35.5. The first-order valence-electron chi connectivity index (χ1n) is 11.0. The molecule has 0 aliphatic rings. The lowest BCUT2D eigenvalue weighted by Crippen LogP contribution is -1.96. The van der Waals surface area contributed by atoms with E-state index >= 15 is 0 Å². The van der Waals surface area contributed by atoms with E-state index in [-0.39, 0.29) is 12.6 Å². The number of fused-ring (bicyclic) bond motifs is 1. The Hall–Kier alpha value is -4.08. The van der Waals surface area contributed by atoms with Crippen LogP contribution in [0.5, 0.6) is 11.8 Å². The minimum absolute atomic E-state index is 0.0729. The minimum Gasteiger partial charge on any atom is -0.424 e. The van der Waals surface area contributed by atoms with Gasteiger partial charge in [-0.3, -0.25) is 0 Å². The summed E-state index contributed by atoms with van der Waals surface area (Å²) in [6.45, 7) is 1.95. The Labute approximate surface area is 206 Å². The van der Waals surface area contributed by atoms with E-state index in [0.29, 0.717) is 40.6 Å². The third-order valence-electron chi connectivity index (χ3n) is 5.57. The van der Waals surface area contributed by atoms with Gasteiger partial charge in [-0.05, 0) is 55.2 Å². The molecule has 0 amide bonds. The predicted octanol–water partition coefficient (Wildman–Crippen LogP) is 4.74. The van der Waals surface area contributed by atoms with Gasteiger partial charge in [-0.2, -0.15) is 0 Å². The van der Waals surface area contributed by atoms with Crippen molar-refractivity contribution >= 4 is 28.5 Å². The third kappa shape index (κ3) is 4.64. The molecule has 0 radical (unpaired) electrons. The molecule has 10 heteroatoms. The fourth-order valence-electron chi connectivity index (χ4n) is 3.98. The van der Waals surface area contributed by atoms with Gasteiger partial charge >= 0.3 is 6.01 Å². The second-order valence-corrected chi connectivity index (χ2v) is 8.34. The van der Waals surface area contributed by atoms with Crippen LogP contribution in [-0.2, 0) is 6.42 Å². The van der Waals surface area contributed by atoms with E-state index in [4.69, 9.17) is 22.1 Å². The van der Waals surface area contributed by atoms with Crippen LogP contribution >= 0.6 is 11.6 Å². The molecule has 0 unspecified atom stereocenters. The molecule has 0 atom stereocenters. The summed E-state index contributed by atoms with van der Waals surface area (Å²) in [5.41, 5.74) is 12.0. The van der Waals surface area contributed by atoms with Crippen LogP contribution in [0, 0.1) is 6.92 Å². The number of aryl methyl sites for hydroxylation is 2. The van der Waals surface area contributed by atoms with Crippen molar-refractivity contribution in [1.29, 1.82) is 0 Å². The Morgan fingerprint density at radius 1 is 1.09 bits per heavy atom. The number of H-pyrrole nitrogens is 1. The van der Waals surface area contributed by atoms with Gasteiger partial charge < -0.3 is 20.6 Å². The van der Waals surface area contributed by atoms with Crippen molar-refractivity contribution in [3.05, 3.63) is 71.5 Å². The zero-order chi connectivity index (χ0) is 24.4. The summed E-state index contributed by atoms with van der Waals surface area (Å²) in [5, 5.41) is 10.5. The van der Waals surface area contributed by atoms with Crippen LogP contribution in [0.1, 0.15) is 17.7 Å². The molecule has 0 saturated heterocycles. The first-order valence-corrected chi connectivity index (χ1v) is 11.4. The molecule has 0 saturated carbocycles. The Balaban J connectivity index is 1.62. The number of hydrogen-bond donors (Lipinski definition) is 3. The summed E-state index contributed by atoms with van der Waals surface area (Å²) in [5.74, 6) is 0.960. The number of anilines is 1. The number of ether oxygens (including phenoxy) is 1. The third-order valence-corrected chi connectivity index (χ3v) is 5.78. The van der Waals surface area contributed by atoms with Gasteiger partial charge in [0.1, 0.15) is 28.7 Å². The number of nitrogens with one attached hydrogen (secondary N) is 1. The second kappa shape index (κ2) is 9.65. The number of aromatic nitrogens is 6. The lowest BCUT2D eigenvalue weighted by Gasteiger charge is -2.12. The highest BCUT2D eigenvalue weighted by Gasteiger charge is 2.21. The minimum atomic E-state index is 0.0729.